The fraction of sp³-hybridized carbons (Fsp3) is 0.286. The number of hydrogen-bond donors (Lipinski definition) is 1. The minimum absolute atomic E-state index is 0.248. The Hall–Kier alpha value is -0.800. The number of hydrogen-bond acceptors (Lipinski definition) is 4. The molecule has 5 nitrogen and oxygen atoms in total. The molecule has 1 heterocycles. The van der Waals surface area contributed by atoms with Crippen LogP contribution in [0.3, 0.4) is 0 Å². The van der Waals surface area contributed by atoms with Gasteiger partial charge >= 0.3 is 0 Å². The van der Waals surface area contributed by atoms with E-state index in [1.54, 1.807) is 0 Å². The van der Waals surface area contributed by atoms with Gasteiger partial charge in [-0.3, -0.25) is 0 Å². The number of sulfonamides is 1. The van der Waals surface area contributed by atoms with Crippen LogP contribution in [-0.4, -0.2) is 20.5 Å². The molecular formula is C7H7BrF2N2O3S. The van der Waals surface area contributed by atoms with Crippen LogP contribution in [0.1, 0.15) is 12.0 Å². The zero-order valence-corrected chi connectivity index (χ0v) is 10.3. The number of aromatic nitrogens is 1. The summed E-state index contributed by atoms with van der Waals surface area (Å²) in [6.45, 7) is 0. The lowest BCUT2D eigenvalue weighted by molar-refractivity contribution is 0.149. The van der Waals surface area contributed by atoms with Gasteiger partial charge < -0.3 is 4.74 Å². The van der Waals surface area contributed by atoms with E-state index in [4.69, 9.17) is 5.14 Å². The molecule has 0 unspecified atom stereocenters. The number of nitrogens with zero attached hydrogens (tertiary/aromatic N) is 1. The molecule has 0 radical (unpaired) electrons. The van der Waals surface area contributed by atoms with Crippen LogP contribution in [0, 0.1) is 0 Å². The maximum atomic E-state index is 12.6. The molecule has 0 fully saturated rings. The van der Waals surface area contributed by atoms with Crippen molar-refractivity contribution in [3.05, 3.63) is 16.1 Å². The number of primary sulfonamides is 1. The van der Waals surface area contributed by atoms with Crippen molar-refractivity contribution < 1.29 is 21.9 Å². The lowest BCUT2D eigenvalue weighted by Gasteiger charge is -2.09. The molecule has 0 spiro atoms. The van der Waals surface area contributed by atoms with E-state index in [9.17, 15) is 17.2 Å². The molecule has 0 aromatic carbocycles. The molecule has 0 aliphatic heterocycles. The molecule has 9 heteroatoms. The number of pyridine rings is 1. The summed E-state index contributed by atoms with van der Waals surface area (Å²) in [5.41, 5.74) is -0.545. The zero-order chi connectivity index (χ0) is 12.5. The molecule has 0 saturated heterocycles. The van der Waals surface area contributed by atoms with Crippen LogP contribution in [0.15, 0.2) is 15.6 Å². The minimum atomic E-state index is -4.19. The van der Waals surface area contributed by atoms with Crippen molar-refractivity contribution >= 4 is 26.0 Å². The molecule has 0 saturated carbocycles. The molecule has 1 rings (SSSR count). The lowest BCUT2D eigenvalue weighted by Crippen LogP contribution is -2.16. The second kappa shape index (κ2) is 4.60. The average Bonchev–Trinajstić information content (AvgIpc) is 2.15. The second-order valence-corrected chi connectivity index (χ2v) is 4.99. The summed E-state index contributed by atoms with van der Waals surface area (Å²) in [6.07, 6.45) is -2.87. The maximum absolute atomic E-state index is 12.6. The third-order valence-corrected chi connectivity index (χ3v) is 3.58. The van der Waals surface area contributed by atoms with Crippen molar-refractivity contribution in [3.8, 4) is 5.88 Å². The molecule has 0 bridgehead atoms. The van der Waals surface area contributed by atoms with Gasteiger partial charge in [0.25, 0.3) is 16.4 Å². The second-order valence-electron chi connectivity index (χ2n) is 2.72. The first kappa shape index (κ1) is 13.3. The summed E-state index contributed by atoms with van der Waals surface area (Å²) in [5, 5.41) is 4.15. The molecular weight excluding hydrogens is 310 g/mol. The fourth-order valence-electron chi connectivity index (χ4n) is 0.953. The summed E-state index contributed by atoms with van der Waals surface area (Å²) >= 11 is 2.72. The van der Waals surface area contributed by atoms with E-state index < -0.39 is 27.0 Å². The van der Waals surface area contributed by atoms with Crippen LogP contribution in [0.4, 0.5) is 8.78 Å². The highest BCUT2D eigenvalue weighted by Gasteiger charge is 2.23. The van der Waals surface area contributed by atoms with Crippen LogP contribution in [0.5, 0.6) is 5.88 Å². The van der Waals surface area contributed by atoms with E-state index in [0.29, 0.717) is 0 Å². The zero-order valence-electron chi connectivity index (χ0n) is 7.95. The first-order chi connectivity index (χ1) is 7.27. The highest BCUT2D eigenvalue weighted by atomic mass is 79.9. The Kier molecular flexibility index (Phi) is 3.81. The van der Waals surface area contributed by atoms with Crippen molar-refractivity contribution in [2.75, 3.05) is 7.11 Å². The van der Waals surface area contributed by atoms with E-state index in [0.717, 1.165) is 6.07 Å². The van der Waals surface area contributed by atoms with Crippen LogP contribution >= 0.6 is 15.9 Å². The number of halogens is 3. The Bertz CT molecular complexity index is 507. The third kappa shape index (κ3) is 2.66. The molecule has 1 aromatic rings. The molecule has 90 valence electrons. The monoisotopic (exact) mass is 316 g/mol. The van der Waals surface area contributed by atoms with Gasteiger partial charge in [0.05, 0.1) is 11.6 Å². The van der Waals surface area contributed by atoms with E-state index in [-0.39, 0.29) is 10.4 Å². The van der Waals surface area contributed by atoms with Crippen LogP contribution in [-0.2, 0) is 10.0 Å². The lowest BCUT2D eigenvalue weighted by atomic mass is 10.3. The average molecular weight is 317 g/mol. The first-order valence-electron chi connectivity index (χ1n) is 3.82. The number of methoxy groups -OCH3 is 1. The normalized spacial score (nSPS) is 11.9. The van der Waals surface area contributed by atoms with Gasteiger partial charge in [-0.1, -0.05) is 0 Å². The molecule has 0 aliphatic rings. The van der Waals surface area contributed by atoms with Gasteiger partial charge in [0.15, 0.2) is 5.03 Å². The van der Waals surface area contributed by atoms with Gasteiger partial charge in [-0.15, -0.1) is 0 Å². The van der Waals surface area contributed by atoms with Gasteiger partial charge in [-0.25, -0.2) is 22.3 Å². The predicted octanol–water partition coefficient (Wildman–Crippen LogP) is 1.44. The summed E-state index contributed by atoms with van der Waals surface area (Å²) < 4.78 is 51.5. The molecule has 0 amide bonds. The van der Waals surface area contributed by atoms with Crippen LogP contribution < -0.4 is 9.88 Å². The Labute approximate surface area is 98.8 Å². The number of rotatable bonds is 3. The van der Waals surface area contributed by atoms with E-state index >= 15 is 0 Å². The molecule has 16 heavy (non-hydrogen) atoms. The van der Waals surface area contributed by atoms with Crippen molar-refractivity contribution in [1.82, 2.24) is 4.98 Å². The Balaban J connectivity index is 3.56. The molecule has 0 atom stereocenters. The first-order valence-corrected chi connectivity index (χ1v) is 6.16. The van der Waals surface area contributed by atoms with Crippen molar-refractivity contribution in [2.24, 2.45) is 5.14 Å². The Morgan fingerprint density at radius 3 is 2.50 bits per heavy atom. The van der Waals surface area contributed by atoms with Crippen LogP contribution in [0.2, 0.25) is 0 Å². The summed E-state index contributed by atoms with van der Waals surface area (Å²) in [7, 11) is -3.01. The Morgan fingerprint density at radius 2 is 2.12 bits per heavy atom. The number of ether oxygens (including phenoxy) is 1. The van der Waals surface area contributed by atoms with Gasteiger partial charge in [0.1, 0.15) is 0 Å². The van der Waals surface area contributed by atoms with E-state index in [1.807, 2.05) is 0 Å². The topological polar surface area (TPSA) is 82.3 Å². The summed E-state index contributed by atoms with van der Waals surface area (Å²) in [5.74, 6) is -0.248. The smallest absolute Gasteiger partial charge is 0.265 e. The van der Waals surface area contributed by atoms with Gasteiger partial charge in [0, 0.05) is 11.6 Å². The minimum Gasteiger partial charge on any atom is -0.481 e. The van der Waals surface area contributed by atoms with Gasteiger partial charge in [-0.05, 0) is 15.9 Å². The summed E-state index contributed by atoms with van der Waals surface area (Å²) in [6, 6.07) is 0.934. The SMILES string of the molecule is COc1cc(C(F)F)c(Br)c(S(N)(=O)=O)n1. The Morgan fingerprint density at radius 1 is 1.56 bits per heavy atom. The maximum Gasteiger partial charge on any atom is 0.265 e. The van der Waals surface area contributed by atoms with E-state index in [1.165, 1.54) is 7.11 Å². The van der Waals surface area contributed by atoms with Gasteiger partial charge in [-0.2, -0.15) is 4.98 Å². The molecule has 2 N–H and O–H groups in total. The van der Waals surface area contributed by atoms with Crippen molar-refractivity contribution in [3.63, 3.8) is 0 Å². The third-order valence-electron chi connectivity index (χ3n) is 1.65. The predicted molar refractivity (Wildman–Crippen MR) is 54.8 cm³/mol. The van der Waals surface area contributed by atoms with Crippen molar-refractivity contribution in [1.29, 1.82) is 0 Å². The highest BCUT2D eigenvalue weighted by molar-refractivity contribution is 9.10. The van der Waals surface area contributed by atoms with Crippen LogP contribution in [0.25, 0.3) is 0 Å². The quantitative estimate of drug-likeness (QED) is 0.914. The largest absolute Gasteiger partial charge is 0.481 e. The standard InChI is InChI=1S/C7H7BrF2N2O3S/c1-15-4-2-3(6(9)10)5(8)7(12-4)16(11,13)14/h2,6H,1H3,(H2,11,13,14). The molecule has 0 aliphatic carbocycles. The number of alkyl halides is 2. The highest BCUT2D eigenvalue weighted by Crippen LogP contribution is 2.33. The van der Waals surface area contributed by atoms with E-state index in [2.05, 4.69) is 25.7 Å². The number of nitrogens with two attached hydrogens (primary N) is 1. The summed E-state index contributed by atoms with van der Waals surface area (Å²) in [4.78, 5) is 3.49. The molecule has 1 aromatic heterocycles. The fourth-order valence-corrected chi connectivity index (χ4v) is 2.59. The van der Waals surface area contributed by atoms with Gasteiger partial charge in [0.2, 0.25) is 5.88 Å². The van der Waals surface area contributed by atoms with Crippen molar-refractivity contribution in [2.45, 2.75) is 11.5 Å².